The molecule has 0 radical (unpaired) electrons. The molecule has 0 spiro atoms. The Balaban J connectivity index is 2.36. The quantitative estimate of drug-likeness (QED) is 0.895. The molecule has 1 aliphatic carbocycles. The Morgan fingerprint density at radius 2 is 2.00 bits per heavy atom. The van der Waals surface area contributed by atoms with Gasteiger partial charge in [-0.05, 0) is 74.5 Å². The maximum atomic E-state index is 9.82. The number of nitrogens with zero attached hydrogens (tertiary/aromatic N) is 1. The van der Waals surface area contributed by atoms with Gasteiger partial charge < -0.3 is 10.0 Å². The van der Waals surface area contributed by atoms with Gasteiger partial charge in [0, 0.05) is 6.54 Å². The molecular weight excluding hydrogens is 234 g/mol. The number of phenols is 1. The van der Waals surface area contributed by atoms with E-state index in [4.69, 9.17) is 0 Å². The van der Waals surface area contributed by atoms with E-state index in [9.17, 15) is 5.11 Å². The van der Waals surface area contributed by atoms with Crippen molar-refractivity contribution in [2.75, 3.05) is 20.6 Å². The molecule has 0 aliphatic heterocycles. The van der Waals surface area contributed by atoms with Crippen molar-refractivity contribution < 1.29 is 5.11 Å². The van der Waals surface area contributed by atoms with Crippen molar-refractivity contribution in [1.29, 1.82) is 0 Å². The van der Waals surface area contributed by atoms with Crippen LogP contribution in [-0.2, 0) is 0 Å². The summed E-state index contributed by atoms with van der Waals surface area (Å²) in [5.74, 6) is 1.63. The number of hydrogen-bond donors (Lipinski definition) is 1. The Bertz CT molecular complexity index is 456. The molecule has 2 atom stereocenters. The lowest BCUT2D eigenvalue weighted by Crippen LogP contribution is -2.29. The molecule has 0 fully saturated rings. The van der Waals surface area contributed by atoms with Crippen LogP contribution in [0.15, 0.2) is 24.3 Å². The summed E-state index contributed by atoms with van der Waals surface area (Å²) in [5, 5.41) is 9.82. The van der Waals surface area contributed by atoms with Crippen LogP contribution in [0.25, 0.3) is 5.57 Å². The maximum absolute atomic E-state index is 9.82. The highest BCUT2D eigenvalue weighted by Gasteiger charge is 2.26. The number of rotatable bonds is 3. The van der Waals surface area contributed by atoms with Gasteiger partial charge in [0.2, 0.25) is 0 Å². The molecule has 2 heteroatoms. The summed E-state index contributed by atoms with van der Waals surface area (Å²) < 4.78 is 0. The van der Waals surface area contributed by atoms with Gasteiger partial charge in [-0.2, -0.15) is 0 Å². The molecule has 104 valence electrons. The number of allylic oxidation sites excluding steroid dienone is 1. The molecule has 0 saturated heterocycles. The normalized spacial score (nSPS) is 23.5. The van der Waals surface area contributed by atoms with Crippen LogP contribution in [0.5, 0.6) is 5.75 Å². The van der Waals surface area contributed by atoms with Crippen molar-refractivity contribution in [3.8, 4) is 5.75 Å². The minimum absolute atomic E-state index is 0.373. The standard InChI is InChI=1S/C17H25NO/c1-12-8-14(10-15(19)9-12)16-7-5-6-13(2)17(16)11-18(3)4/h7-10,13,17,19H,5-6,11H2,1-4H3/t13?,17-/m0/s1. The van der Waals surface area contributed by atoms with Gasteiger partial charge >= 0.3 is 0 Å². The highest BCUT2D eigenvalue weighted by atomic mass is 16.3. The fourth-order valence-corrected chi connectivity index (χ4v) is 3.09. The molecule has 2 rings (SSSR count). The number of benzene rings is 1. The molecule has 19 heavy (non-hydrogen) atoms. The monoisotopic (exact) mass is 259 g/mol. The topological polar surface area (TPSA) is 23.5 Å². The van der Waals surface area contributed by atoms with Gasteiger partial charge in [-0.25, -0.2) is 0 Å². The molecule has 2 nitrogen and oxygen atoms in total. The second-order valence-electron chi connectivity index (χ2n) is 6.14. The predicted molar refractivity (Wildman–Crippen MR) is 81.3 cm³/mol. The van der Waals surface area contributed by atoms with E-state index in [2.05, 4.69) is 38.1 Å². The van der Waals surface area contributed by atoms with E-state index in [0.29, 0.717) is 17.6 Å². The minimum Gasteiger partial charge on any atom is -0.508 e. The molecule has 1 aliphatic rings. The Kier molecular flexibility index (Phi) is 4.31. The zero-order valence-electron chi connectivity index (χ0n) is 12.5. The van der Waals surface area contributed by atoms with Crippen LogP contribution >= 0.6 is 0 Å². The van der Waals surface area contributed by atoms with Crippen LogP contribution in [0.4, 0.5) is 0 Å². The highest BCUT2D eigenvalue weighted by molar-refractivity contribution is 5.70. The second-order valence-corrected chi connectivity index (χ2v) is 6.14. The Hall–Kier alpha value is -1.28. The van der Waals surface area contributed by atoms with Crippen molar-refractivity contribution in [2.24, 2.45) is 11.8 Å². The Morgan fingerprint density at radius 1 is 1.26 bits per heavy atom. The summed E-state index contributed by atoms with van der Waals surface area (Å²) in [6.45, 7) is 5.45. The number of hydrogen-bond acceptors (Lipinski definition) is 2. The smallest absolute Gasteiger partial charge is 0.116 e. The van der Waals surface area contributed by atoms with E-state index in [1.807, 2.05) is 19.1 Å². The predicted octanol–water partition coefficient (Wildman–Crippen LogP) is 3.69. The lowest BCUT2D eigenvalue weighted by atomic mass is 9.76. The second kappa shape index (κ2) is 5.79. The summed E-state index contributed by atoms with van der Waals surface area (Å²) >= 11 is 0. The zero-order valence-corrected chi connectivity index (χ0v) is 12.5. The third-order valence-corrected chi connectivity index (χ3v) is 4.03. The largest absolute Gasteiger partial charge is 0.508 e. The lowest BCUT2D eigenvalue weighted by molar-refractivity contribution is 0.291. The van der Waals surface area contributed by atoms with Gasteiger partial charge in [0.1, 0.15) is 5.75 Å². The van der Waals surface area contributed by atoms with Crippen LogP contribution in [0.1, 0.15) is 30.9 Å². The van der Waals surface area contributed by atoms with E-state index < -0.39 is 0 Å². The van der Waals surface area contributed by atoms with Crippen molar-refractivity contribution in [1.82, 2.24) is 4.90 Å². The number of phenolic OH excluding ortho intramolecular Hbond substituents is 1. The lowest BCUT2D eigenvalue weighted by Gasteiger charge is -2.33. The number of aryl methyl sites for hydroxylation is 1. The van der Waals surface area contributed by atoms with Crippen molar-refractivity contribution in [2.45, 2.75) is 26.7 Å². The SMILES string of the molecule is Cc1cc(O)cc(C2=CCCC(C)[C@@H]2CN(C)C)c1. The van der Waals surface area contributed by atoms with Crippen LogP contribution in [-0.4, -0.2) is 30.6 Å². The van der Waals surface area contributed by atoms with Crippen LogP contribution in [0.2, 0.25) is 0 Å². The van der Waals surface area contributed by atoms with Crippen molar-refractivity contribution >= 4 is 5.57 Å². The summed E-state index contributed by atoms with van der Waals surface area (Å²) in [5.41, 5.74) is 3.72. The molecule has 1 aromatic carbocycles. The van der Waals surface area contributed by atoms with Crippen LogP contribution in [0, 0.1) is 18.8 Å². The molecule has 0 aromatic heterocycles. The average molecular weight is 259 g/mol. The summed E-state index contributed by atoms with van der Waals surface area (Å²) in [7, 11) is 4.26. The summed E-state index contributed by atoms with van der Waals surface area (Å²) in [4.78, 5) is 2.26. The third-order valence-electron chi connectivity index (χ3n) is 4.03. The summed E-state index contributed by atoms with van der Waals surface area (Å²) in [6, 6.07) is 5.91. The van der Waals surface area contributed by atoms with Crippen LogP contribution < -0.4 is 0 Å². The van der Waals surface area contributed by atoms with Gasteiger partial charge in [-0.15, -0.1) is 0 Å². The van der Waals surface area contributed by atoms with E-state index in [1.54, 1.807) is 0 Å². The van der Waals surface area contributed by atoms with Crippen molar-refractivity contribution in [3.63, 3.8) is 0 Å². The first-order valence-electron chi connectivity index (χ1n) is 7.13. The molecule has 0 bridgehead atoms. The highest BCUT2D eigenvalue weighted by Crippen LogP contribution is 2.38. The molecule has 0 heterocycles. The minimum atomic E-state index is 0.373. The molecule has 1 unspecified atom stereocenters. The fraction of sp³-hybridized carbons (Fsp3) is 0.529. The first-order chi connectivity index (χ1) is 8.97. The van der Waals surface area contributed by atoms with E-state index in [0.717, 1.165) is 18.5 Å². The first kappa shape index (κ1) is 14.1. The van der Waals surface area contributed by atoms with E-state index in [1.165, 1.54) is 17.6 Å². The average Bonchev–Trinajstić information content (AvgIpc) is 2.30. The van der Waals surface area contributed by atoms with Gasteiger partial charge in [-0.3, -0.25) is 0 Å². The Morgan fingerprint density at radius 3 is 2.63 bits per heavy atom. The van der Waals surface area contributed by atoms with Crippen LogP contribution in [0.3, 0.4) is 0 Å². The Labute approximate surface area is 116 Å². The van der Waals surface area contributed by atoms with Gasteiger partial charge in [0.05, 0.1) is 0 Å². The van der Waals surface area contributed by atoms with E-state index in [-0.39, 0.29) is 0 Å². The van der Waals surface area contributed by atoms with Crippen molar-refractivity contribution in [3.05, 3.63) is 35.4 Å². The molecule has 1 N–H and O–H groups in total. The fourth-order valence-electron chi connectivity index (χ4n) is 3.09. The zero-order chi connectivity index (χ0) is 14.0. The van der Waals surface area contributed by atoms with Gasteiger partial charge in [0.15, 0.2) is 0 Å². The molecule has 0 saturated carbocycles. The molecular formula is C17H25NO. The maximum Gasteiger partial charge on any atom is 0.116 e. The summed E-state index contributed by atoms with van der Waals surface area (Å²) in [6.07, 6.45) is 4.78. The van der Waals surface area contributed by atoms with E-state index >= 15 is 0 Å². The number of aromatic hydroxyl groups is 1. The van der Waals surface area contributed by atoms with Gasteiger partial charge in [-0.1, -0.05) is 19.1 Å². The molecule has 1 aromatic rings. The first-order valence-corrected chi connectivity index (χ1v) is 7.13. The third kappa shape index (κ3) is 3.38. The molecule has 0 amide bonds. The van der Waals surface area contributed by atoms with Gasteiger partial charge in [0.25, 0.3) is 0 Å².